The minimum Gasteiger partial charge on any atom is -0.360 e. The van der Waals surface area contributed by atoms with E-state index in [0.29, 0.717) is 17.4 Å². The van der Waals surface area contributed by atoms with Gasteiger partial charge in [-0.05, 0) is 30.7 Å². The highest BCUT2D eigenvalue weighted by Gasteiger charge is 2.21. The summed E-state index contributed by atoms with van der Waals surface area (Å²) >= 11 is 4.28. The molecule has 0 saturated heterocycles. The highest BCUT2D eigenvalue weighted by atomic mass is 79.9. The van der Waals surface area contributed by atoms with E-state index in [2.05, 4.69) is 36.8 Å². The van der Waals surface area contributed by atoms with Crippen molar-refractivity contribution in [2.75, 3.05) is 22.9 Å². The molecule has 0 spiro atoms. The Balaban J connectivity index is 1.90. The van der Waals surface area contributed by atoms with Gasteiger partial charge in [-0.25, -0.2) is 8.42 Å². The Hall–Kier alpha value is -1.52. The van der Waals surface area contributed by atoms with Crippen LogP contribution in [0.2, 0.25) is 0 Å². The molecule has 0 saturated carbocycles. The van der Waals surface area contributed by atoms with Gasteiger partial charge in [0.05, 0.1) is 5.75 Å². The van der Waals surface area contributed by atoms with Gasteiger partial charge in [0.15, 0.2) is 0 Å². The van der Waals surface area contributed by atoms with E-state index in [4.69, 9.17) is 0 Å². The smallest absolute Gasteiger partial charge is 0.234 e. The molecule has 0 bridgehead atoms. The van der Waals surface area contributed by atoms with Gasteiger partial charge in [0.2, 0.25) is 25.2 Å². The fraction of sp³-hybridized carbons (Fsp3) is 0.357. The van der Waals surface area contributed by atoms with Crippen molar-refractivity contribution >= 4 is 53.8 Å². The number of halogens is 1. The van der Waals surface area contributed by atoms with Crippen LogP contribution in [0.1, 0.15) is 19.8 Å². The summed E-state index contributed by atoms with van der Waals surface area (Å²) in [6, 6.07) is 7.04. The van der Waals surface area contributed by atoms with Crippen molar-refractivity contribution in [1.29, 1.82) is 0 Å². The number of sulfone groups is 1. The first-order valence-corrected chi connectivity index (χ1v) is 10.5. The molecular formula is C14H17BrN4O3S2. The number of hydrogen-bond acceptors (Lipinski definition) is 7. The van der Waals surface area contributed by atoms with E-state index in [-0.39, 0.29) is 22.4 Å². The van der Waals surface area contributed by atoms with Gasteiger partial charge < -0.3 is 10.6 Å². The quantitative estimate of drug-likeness (QED) is 0.664. The van der Waals surface area contributed by atoms with Crippen molar-refractivity contribution in [2.24, 2.45) is 0 Å². The lowest BCUT2D eigenvalue weighted by molar-refractivity contribution is -0.115. The van der Waals surface area contributed by atoms with Crippen LogP contribution in [0.5, 0.6) is 0 Å². The topological polar surface area (TPSA) is 101 Å². The zero-order valence-corrected chi connectivity index (χ0v) is 16.2. The Bertz CT molecular complexity index is 791. The van der Waals surface area contributed by atoms with Gasteiger partial charge in [-0.2, -0.15) is 0 Å². The summed E-state index contributed by atoms with van der Waals surface area (Å²) in [7, 11) is -3.62. The predicted octanol–water partition coefficient (Wildman–Crippen LogP) is 2.93. The predicted molar refractivity (Wildman–Crippen MR) is 98.1 cm³/mol. The van der Waals surface area contributed by atoms with Crippen LogP contribution >= 0.6 is 27.3 Å². The van der Waals surface area contributed by atoms with Crippen LogP contribution in [0.4, 0.5) is 10.8 Å². The molecule has 2 aromatic rings. The highest BCUT2D eigenvalue weighted by Crippen LogP contribution is 2.21. The Labute approximate surface area is 152 Å². The molecule has 2 rings (SSSR count). The van der Waals surface area contributed by atoms with Crippen LogP contribution in [0.15, 0.2) is 33.1 Å². The third-order valence-corrected chi connectivity index (χ3v) is 6.50. The SMILES string of the molecule is CCCNc1nnc(S(=O)(=O)CCC(=O)Nc2ccc(Br)cc2)s1. The molecule has 0 fully saturated rings. The van der Waals surface area contributed by atoms with Crippen LogP contribution in [0.25, 0.3) is 0 Å². The number of nitrogens with one attached hydrogen (secondary N) is 2. The van der Waals surface area contributed by atoms with E-state index in [1.807, 2.05) is 6.92 Å². The Morgan fingerprint density at radius 2 is 1.96 bits per heavy atom. The second-order valence-electron chi connectivity index (χ2n) is 4.92. The summed E-state index contributed by atoms with van der Waals surface area (Å²) in [5.74, 6) is -0.674. The van der Waals surface area contributed by atoms with E-state index >= 15 is 0 Å². The number of amides is 1. The van der Waals surface area contributed by atoms with Gasteiger partial charge in [0.25, 0.3) is 0 Å². The van der Waals surface area contributed by atoms with Gasteiger partial charge >= 0.3 is 0 Å². The number of aromatic nitrogens is 2. The molecule has 0 aliphatic rings. The molecule has 0 aliphatic carbocycles. The van der Waals surface area contributed by atoms with E-state index in [1.165, 1.54) is 0 Å². The lowest BCUT2D eigenvalue weighted by Gasteiger charge is -2.05. The van der Waals surface area contributed by atoms with Crippen molar-refractivity contribution in [3.8, 4) is 0 Å². The molecule has 1 amide bonds. The largest absolute Gasteiger partial charge is 0.360 e. The average molecular weight is 433 g/mol. The van der Waals surface area contributed by atoms with Crippen molar-refractivity contribution < 1.29 is 13.2 Å². The Kier molecular flexibility index (Phi) is 6.69. The van der Waals surface area contributed by atoms with Crippen LogP contribution < -0.4 is 10.6 Å². The fourth-order valence-electron chi connectivity index (χ4n) is 1.71. The number of rotatable bonds is 8. The molecule has 1 aromatic heterocycles. The standard InChI is InChI=1S/C14H17BrN4O3S2/c1-2-8-16-13-18-19-14(23-13)24(21,22)9-7-12(20)17-11-5-3-10(15)4-6-11/h3-6H,2,7-9H2,1H3,(H,16,18)(H,17,20). The third-order valence-electron chi connectivity index (χ3n) is 2.92. The van der Waals surface area contributed by atoms with Crippen molar-refractivity contribution in [3.63, 3.8) is 0 Å². The maximum atomic E-state index is 12.2. The van der Waals surface area contributed by atoms with E-state index in [0.717, 1.165) is 22.2 Å². The second kappa shape index (κ2) is 8.54. The van der Waals surface area contributed by atoms with E-state index in [1.54, 1.807) is 24.3 Å². The Morgan fingerprint density at radius 3 is 2.62 bits per heavy atom. The van der Waals surface area contributed by atoms with Crippen molar-refractivity contribution in [1.82, 2.24) is 10.2 Å². The van der Waals surface area contributed by atoms with Gasteiger partial charge in [-0.3, -0.25) is 4.79 Å². The first kappa shape index (κ1) is 18.8. The summed E-state index contributed by atoms with van der Waals surface area (Å²) < 4.78 is 25.3. The lowest BCUT2D eigenvalue weighted by atomic mass is 10.3. The molecule has 0 unspecified atom stereocenters. The molecule has 0 atom stereocenters. The second-order valence-corrected chi connectivity index (χ2v) is 9.10. The lowest BCUT2D eigenvalue weighted by Crippen LogP contribution is -2.17. The molecule has 7 nitrogen and oxygen atoms in total. The number of nitrogens with zero attached hydrogens (tertiary/aromatic N) is 2. The minimum atomic E-state index is -3.62. The molecule has 130 valence electrons. The maximum Gasteiger partial charge on any atom is 0.234 e. The average Bonchev–Trinajstić information content (AvgIpc) is 3.03. The highest BCUT2D eigenvalue weighted by molar-refractivity contribution is 9.10. The molecule has 1 aromatic carbocycles. The third kappa shape index (κ3) is 5.53. The van der Waals surface area contributed by atoms with Crippen LogP contribution in [0.3, 0.4) is 0 Å². The van der Waals surface area contributed by atoms with Gasteiger partial charge in [0.1, 0.15) is 0 Å². The minimum absolute atomic E-state index is 0.0717. The zero-order chi connectivity index (χ0) is 17.6. The number of carbonyl (C=O) groups is 1. The summed E-state index contributed by atoms with van der Waals surface area (Å²) in [5, 5.41) is 13.6. The van der Waals surface area contributed by atoms with E-state index < -0.39 is 9.84 Å². The van der Waals surface area contributed by atoms with Gasteiger partial charge in [0, 0.05) is 23.1 Å². The summed E-state index contributed by atoms with van der Waals surface area (Å²) in [4.78, 5) is 11.9. The molecule has 10 heteroatoms. The fourth-order valence-corrected chi connectivity index (χ4v) is 4.27. The first-order valence-electron chi connectivity index (χ1n) is 7.26. The van der Waals surface area contributed by atoms with E-state index in [9.17, 15) is 13.2 Å². The monoisotopic (exact) mass is 432 g/mol. The molecule has 24 heavy (non-hydrogen) atoms. The van der Waals surface area contributed by atoms with Gasteiger partial charge in [-0.15, -0.1) is 10.2 Å². The Morgan fingerprint density at radius 1 is 1.25 bits per heavy atom. The van der Waals surface area contributed by atoms with Crippen LogP contribution in [-0.4, -0.2) is 36.8 Å². The summed E-state index contributed by atoms with van der Waals surface area (Å²) in [5.41, 5.74) is 0.613. The molecule has 0 aliphatic heterocycles. The number of carbonyl (C=O) groups excluding carboxylic acids is 1. The van der Waals surface area contributed by atoms with Crippen molar-refractivity contribution in [2.45, 2.75) is 24.1 Å². The zero-order valence-electron chi connectivity index (χ0n) is 13.0. The molecular weight excluding hydrogens is 416 g/mol. The number of benzene rings is 1. The van der Waals surface area contributed by atoms with Crippen LogP contribution in [0, 0.1) is 0 Å². The summed E-state index contributed by atoms with van der Waals surface area (Å²) in [6.07, 6.45) is 0.758. The summed E-state index contributed by atoms with van der Waals surface area (Å²) in [6.45, 7) is 2.69. The molecule has 1 heterocycles. The molecule has 2 N–H and O–H groups in total. The van der Waals surface area contributed by atoms with Crippen molar-refractivity contribution in [3.05, 3.63) is 28.7 Å². The van der Waals surface area contributed by atoms with Gasteiger partial charge in [-0.1, -0.05) is 34.2 Å². The normalized spacial score (nSPS) is 11.2. The number of hydrogen-bond donors (Lipinski definition) is 2. The number of anilines is 2. The first-order chi connectivity index (χ1) is 11.4. The van der Waals surface area contributed by atoms with Crippen LogP contribution in [-0.2, 0) is 14.6 Å². The maximum absolute atomic E-state index is 12.2. The molecule has 0 radical (unpaired) electrons.